The molecular formula is C8H13N3O. The maximum atomic E-state index is 11.3. The van der Waals surface area contributed by atoms with E-state index in [-0.39, 0.29) is 5.91 Å². The van der Waals surface area contributed by atoms with Gasteiger partial charge in [0, 0.05) is 19.1 Å². The first-order chi connectivity index (χ1) is 5.86. The zero-order valence-electron chi connectivity index (χ0n) is 6.97. The van der Waals surface area contributed by atoms with Crippen molar-refractivity contribution in [2.24, 2.45) is 4.99 Å². The lowest BCUT2D eigenvalue weighted by Gasteiger charge is -2.13. The molecule has 0 atom stereocenters. The zero-order valence-corrected chi connectivity index (χ0v) is 6.97. The molecule has 4 heteroatoms. The highest BCUT2D eigenvalue weighted by Crippen LogP contribution is 2.18. The fourth-order valence-corrected chi connectivity index (χ4v) is 1.17. The molecule has 1 aliphatic heterocycles. The maximum Gasteiger partial charge on any atom is 0.286 e. The van der Waals surface area contributed by atoms with Crippen LogP contribution in [-0.4, -0.2) is 30.9 Å². The molecule has 1 heterocycles. The molecule has 1 amide bonds. The molecule has 0 radical (unpaired) electrons. The number of amidine groups is 1. The van der Waals surface area contributed by atoms with Gasteiger partial charge in [0.05, 0.1) is 0 Å². The van der Waals surface area contributed by atoms with Gasteiger partial charge in [-0.15, -0.1) is 0 Å². The Morgan fingerprint density at radius 3 is 3.00 bits per heavy atom. The molecule has 66 valence electrons. The summed E-state index contributed by atoms with van der Waals surface area (Å²) in [6.07, 6.45) is 3.28. The Balaban J connectivity index is 1.88. The van der Waals surface area contributed by atoms with Gasteiger partial charge in [-0.2, -0.15) is 0 Å². The molecule has 1 fully saturated rings. The van der Waals surface area contributed by atoms with E-state index in [1.807, 2.05) is 0 Å². The Hall–Kier alpha value is -1.06. The van der Waals surface area contributed by atoms with Crippen LogP contribution in [0.5, 0.6) is 0 Å². The number of amides is 1. The van der Waals surface area contributed by atoms with Gasteiger partial charge in [0.25, 0.3) is 5.91 Å². The molecule has 12 heavy (non-hydrogen) atoms. The predicted octanol–water partition coefficient (Wildman–Crippen LogP) is -0.343. The molecule has 0 bridgehead atoms. The van der Waals surface area contributed by atoms with Crippen LogP contribution in [0.3, 0.4) is 0 Å². The van der Waals surface area contributed by atoms with Gasteiger partial charge in [0.15, 0.2) is 5.84 Å². The maximum absolute atomic E-state index is 11.3. The third-order valence-corrected chi connectivity index (χ3v) is 2.02. The van der Waals surface area contributed by atoms with Gasteiger partial charge in [-0.3, -0.25) is 9.79 Å². The van der Waals surface area contributed by atoms with Gasteiger partial charge in [-0.1, -0.05) is 0 Å². The second-order valence-corrected chi connectivity index (χ2v) is 3.26. The summed E-state index contributed by atoms with van der Waals surface area (Å²) >= 11 is 0. The average Bonchev–Trinajstić information content (AvgIpc) is 2.90. The van der Waals surface area contributed by atoms with Crippen molar-refractivity contribution in [2.45, 2.75) is 25.3 Å². The van der Waals surface area contributed by atoms with Crippen LogP contribution in [0.25, 0.3) is 0 Å². The molecule has 2 rings (SSSR count). The van der Waals surface area contributed by atoms with E-state index in [0.717, 1.165) is 32.4 Å². The van der Waals surface area contributed by atoms with Crippen LogP contribution in [-0.2, 0) is 4.79 Å². The van der Waals surface area contributed by atoms with E-state index in [2.05, 4.69) is 15.6 Å². The average molecular weight is 167 g/mol. The topological polar surface area (TPSA) is 53.5 Å². The summed E-state index contributed by atoms with van der Waals surface area (Å²) < 4.78 is 0. The number of carbonyl (C=O) groups excluding carboxylic acids is 1. The van der Waals surface area contributed by atoms with E-state index in [9.17, 15) is 4.79 Å². The van der Waals surface area contributed by atoms with Crippen LogP contribution < -0.4 is 10.6 Å². The first kappa shape index (κ1) is 7.58. The van der Waals surface area contributed by atoms with Crippen molar-refractivity contribution in [2.75, 3.05) is 13.1 Å². The van der Waals surface area contributed by atoms with Crippen molar-refractivity contribution in [1.29, 1.82) is 0 Å². The van der Waals surface area contributed by atoms with Crippen molar-refractivity contribution in [1.82, 2.24) is 10.6 Å². The van der Waals surface area contributed by atoms with E-state index in [0.29, 0.717) is 11.9 Å². The van der Waals surface area contributed by atoms with Crippen LogP contribution >= 0.6 is 0 Å². The standard InChI is InChI=1S/C8H13N3O/c12-8(11-6-2-3-6)7-9-4-1-5-10-7/h6H,1-5H2,(H,9,10)(H,11,12). The van der Waals surface area contributed by atoms with E-state index >= 15 is 0 Å². The summed E-state index contributed by atoms with van der Waals surface area (Å²) in [5, 5.41) is 5.88. The predicted molar refractivity (Wildman–Crippen MR) is 46.1 cm³/mol. The summed E-state index contributed by atoms with van der Waals surface area (Å²) in [6.45, 7) is 1.65. The molecule has 0 aromatic carbocycles. The minimum Gasteiger partial charge on any atom is -0.366 e. The number of nitrogens with zero attached hydrogens (tertiary/aromatic N) is 1. The fourth-order valence-electron chi connectivity index (χ4n) is 1.17. The summed E-state index contributed by atoms with van der Waals surface area (Å²) in [5.74, 6) is 0.491. The van der Waals surface area contributed by atoms with Crippen LogP contribution in [0.2, 0.25) is 0 Å². The van der Waals surface area contributed by atoms with Gasteiger partial charge in [0.2, 0.25) is 0 Å². The Bertz CT molecular complexity index is 220. The molecule has 4 nitrogen and oxygen atoms in total. The quantitative estimate of drug-likeness (QED) is 0.591. The number of hydrogen-bond acceptors (Lipinski definition) is 3. The number of aliphatic imine (C=N–C) groups is 1. The fraction of sp³-hybridized carbons (Fsp3) is 0.750. The zero-order chi connectivity index (χ0) is 8.39. The van der Waals surface area contributed by atoms with Crippen molar-refractivity contribution >= 4 is 11.7 Å². The number of rotatable bonds is 2. The monoisotopic (exact) mass is 167 g/mol. The largest absolute Gasteiger partial charge is 0.366 e. The molecule has 0 saturated heterocycles. The van der Waals surface area contributed by atoms with Crippen LogP contribution in [0.15, 0.2) is 4.99 Å². The van der Waals surface area contributed by atoms with Crippen molar-refractivity contribution in [3.63, 3.8) is 0 Å². The minimum absolute atomic E-state index is 0.0304. The summed E-state index contributed by atoms with van der Waals surface area (Å²) in [4.78, 5) is 15.4. The molecular weight excluding hydrogens is 154 g/mol. The van der Waals surface area contributed by atoms with Crippen LogP contribution in [0, 0.1) is 0 Å². The van der Waals surface area contributed by atoms with Crippen molar-refractivity contribution in [3.05, 3.63) is 0 Å². The summed E-state index contributed by atoms with van der Waals surface area (Å²) in [7, 11) is 0. The van der Waals surface area contributed by atoms with Crippen molar-refractivity contribution in [3.8, 4) is 0 Å². The smallest absolute Gasteiger partial charge is 0.286 e. The molecule has 0 aromatic heterocycles. The van der Waals surface area contributed by atoms with Crippen LogP contribution in [0.1, 0.15) is 19.3 Å². The van der Waals surface area contributed by atoms with E-state index in [4.69, 9.17) is 0 Å². The van der Waals surface area contributed by atoms with E-state index in [1.165, 1.54) is 0 Å². The Labute approximate surface area is 71.4 Å². The molecule has 0 unspecified atom stereocenters. The number of nitrogens with one attached hydrogen (secondary N) is 2. The van der Waals surface area contributed by atoms with Gasteiger partial charge in [-0.25, -0.2) is 0 Å². The first-order valence-electron chi connectivity index (χ1n) is 4.45. The highest BCUT2D eigenvalue weighted by molar-refractivity contribution is 6.38. The lowest BCUT2D eigenvalue weighted by Crippen LogP contribution is -2.43. The van der Waals surface area contributed by atoms with Crippen molar-refractivity contribution < 1.29 is 4.79 Å². The lowest BCUT2D eigenvalue weighted by molar-refractivity contribution is -0.115. The van der Waals surface area contributed by atoms with Crippen LogP contribution in [0.4, 0.5) is 0 Å². The first-order valence-corrected chi connectivity index (χ1v) is 4.45. The SMILES string of the molecule is O=C(NC1CC1)C1=NCCCN1. The van der Waals surface area contributed by atoms with E-state index < -0.39 is 0 Å². The third-order valence-electron chi connectivity index (χ3n) is 2.02. The van der Waals surface area contributed by atoms with Gasteiger partial charge < -0.3 is 10.6 Å². The second-order valence-electron chi connectivity index (χ2n) is 3.26. The van der Waals surface area contributed by atoms with Gasteiger partial charge in [-0.05, 0) is 19.3 Å². The van der Waals surface area contributed by atoms with Gasteiger partial charge in [0.1, 0.15) is 0 Å². The Kier molecular flexibility index (Phi) is 1.98. The lowest BCUT2D eigenvalue weighted by atomic mass is 10.3. The molecule has 0 aromatic rings. The number of carbonyl (C=O) groups is 1. The summed E-state index contributed by atoms with van der Waals surface area (Å²) in [5.41, 5.74) is 0. The molecule has 2 N–H and O–H groups in total. The Morgan fingerprint density at radius 1 is 1.58 bits per heavy atom. The highest BCUT2D eigenvalue weighted by Gasteiger charge is 2.25. The molecule has 2 aliphatic rings. The number of hydrogen-bond donors (Lipinski definition) is 2. The molecule has 0 spiro atoms. The van der Waals surface area contributed by atoms with Gasteiger partial charge >= 0.3 is 0 Å². The second kappa shape index (κ2) is 3.13. The normalized spacial score (nSPS) is 22.5. The highest BCUT2D eigenvalue weighted by atomic mass is 16.2. The minimum atomic E-state index is -0.0304. The summed E-state index contributed by atoms with van der Waals surface area (Å²) in [6, 6.07) is 0.420. The molecule has 1 aliphatic carbocycles. The Morgan fingerprint density at radius 2 is 2.42 bits per heavy atom. The van der Waals surface area contributed by atoms with E-state index in [1.54, 1.807) is 0 Å². The molecule has 1 saturated carbocycles. The third kappa shape index (κ3) is 1.75.